The Morgan fingerprint density at radius 1 is 0.969 bits per heavy atom. The van der Waals surface area contributed by atoms with E-state index in [0.717, 1.165) is 35.9 Å². The van der Waals surface area contributed by atoms with E-state index in [-0.39, 0.29) is 6.61 Å². The van der Waals surface area contributed by atoms with E-state index >= 15 is 0 Å². The van der Waals surface area contributed by atoms with Gasteiger partial charge >= 0.3 is 0 Å². The molecule has 1 atom stereocenters. The van der Waals surface area contributed by atoms with Crippen LogP contribution >= 0.6 is 0 Å². The molecule has 1 aromatic heterocycles. The monoisotopic (exact) mass is 442 g/mol. The van der Waals surface area contributed by atoms with E-state index in [1.807, 2.05) is 38.1 Å². The fourth-order valence-corrected chi connectivity index (χ4v) is 4.17. The number of β-amino-alcohol motifs (C(OH)–C–C–N with tert-alkyl or cyclic N) is 1. The number of nitrogens with zero attached hydrogens (tertiary/aromatic N) is 3. The van der Waals surface area contributed by atoms with Crippen molar-refractivity contribution < 1.29 is 14.6 Å². The molecule has 32 heavy (non-hydrogen) atoms. The van der Waals surface area contributed by atoms with Crippen LogP contribution in [0.15, 0.2) is 24.3 Å². The standard InChI is InChI=1S/C25H38N4O3/c1-19-13-20(2)28-25(27-19)16-26-15-21-9-10-23(31-3)24(14-21)32-18-22(30)17-29-11-7-5-4-6-8-12-29/h9-10,13-14,22,26,30H,4-8,11-12,15-18H2,1-3H3/t22-/m0/s1. The molecule has 1 aliphatic heterocycles. The quantitative estimate of drug-likeness (QED) is 0.584. The number of aryl methyl sites for hydroxylation is 2. The molecule has 7 nitrogen and oxygen atoms in total. The van der Waals surface area contributed by atoms with Crippen molar-refractivity contribution in [2.75, 3.05) is 33.4 Å². The minimum absolute atomic E-state index is 0.250. The van der Waals surface area contributed by atoms with Gasteiger partial charge in [-0.25, -0.2) is 9.97 Å². The SMILES string of the molecule is COc1ccc(CNCc2nc(C)cc(C)n2)cc1OC[C@@H](O)CN1CCCCCCC1. The number of rotatable bonds is 10. The Balaban J connectivity index is 1.51. The van der Waals surface area contributed by atoms with Crippen LogP contribution in [-0.4, -0.2) is 59.4 Å². The second-order valence-electron chi connectivity index (χ2n) is 8.69. The number of benzene rings is 1. The number of hydrogen-bond donors (Lipinski definition) is 2. The van der Waals surface area contributed by atoms with E-state index in [2.05, 4.69) is 20.2 Å². The molecule has 1 aromatic carbocycles. The first-order chi connectivity index (χ1) is 15.5. The van der Waals surface area contributed by atoms with Gasteiger partial charge in [0, 0.05) is 24.5 Å². The van der Waals surface area contributed by atoms with Crippen LogP contribution < -0.4 is 14.8 Å². The van der Waals surface area contributed by atoms with Crippen molar-refractivity contribution in [2.45, 2.75) is 65.1 Å². The lowest BCUT2D eigenvalue weighted by atomic mass is 10.1. The molecule has 1 aliphatic rings. The highest BCUT2D eigenvalue weighted by atomic mass is 16.5. The third kappa shape index (κ3) is 8.04. The third-order valence-corrected chi connectivity index (χ3v) is 5.72. The molecule has 2 heterocycles. The van der Waals surface area contributed by atoms with Crippen LogP contribution in [0.2, 0.25) is 0 Å². The van der Waals surface area contributed by atoms with E-state index in [1.54, 1.807) is 7.11 Å². The number of aliphatic hydroxyl groups is 1. The number of aliphatic hydroxyl groups excluding tert-OH is 1. The summed E-state index contributed by atoms with van der Waals surface area (Å²) in [5.41, 5.74) is 3.02. The predicted octanol–water partition coefficient (Wildman–Crippen LogP) is 3.40. The van der Waals surface area contributed by atoms with Crippen molar-refractivity contribution >= 4 is 0 Å². The van der Waals surface area contributed by atoms with Gasteiger partial charge in [0.1, 0.15) is 18.5 Å². The number of nitrogens with one attached hydrogen (secondary N) is 1. The van der Waals surface area contributed by atoms with E-state index in [1.165, 1.54) is 32.1 Å². The summed E-state index contributed by atoms with van der Waals surface area (Å²) in [4.78, 5) is 11.3. The van der Waals surface area contributed by atoms with Crippen LogP contribution in [0.5, 0.6) is 11.5 Å². The molecule has 0 aliphatic carbocycles. The lowest BCUT2D eigenvalue weighted by Gasteiger charge is -2.26. The lowest BCUT2D eigenvalue weighted by molar-refractivity contribution is 0.0644. The molecule has 0 saturated carbocycles. The van der Waals surface area contributed by atoms with Crippen molar-refractivity contribution in [1.29, 1.82) is 0 Å². The molecule has 1 saturated heterocycles. The molecule has 0 radical (unpaired) electrons. The fourth-order valence-electron chi connectivity index (χ4n) is 4.17. The predicted molar refractivity (Wildman–Crippen MR) is 126 cm³/mol. The highest BCUT2D eigenvalue weighted by Gasteiger charge is 2.15. The molecule has 176 valence electrons. The first-order valence-electron chi connectivity index (χ1n) is 11.8. The molecule has 0 spiro atoms. The zero-order chi connectivity index (χ0) is 22.8. The van der Waals surface area contributed by atoms with Gasteiger partial charge in [-0.2, -0.15) is 0 Å². The second kappa shape index (κ2) is 12.7. The first-order valence-corrected chi connectivity index (χ1v) is 11.8. The average Bonchev–Trinajstić information content (AvgIpc) is 2.73. The maximum absolute atomic E-state index is 10.5. The molecule has 2 aromatic rings. The average molecular weight is 443 g/mol. The normalized spacial score (nSPS) is 16.2. The van der Waals surface area contributed by atoms with Gasteiger partial charge in [-0.05, 0) is 63.5 Å². The van der Waals surface area contributed by atoms with Crippen molar-refractivity contribution in [3.8, 4) is 11.5 Å². The van der Waals surface area contributed by atoms with Crippen LogP contribution in [0.1, 0.15) is 54.9 Å². The summed E-state index contributed by atoms with van der Waals surface area (Å²) in [6.45, 7) is 8.24. The molecule has 0 unspecified atom stereocenters. The summed E-state index contributed by atoms with van der Waals surface area (Å²) in [5.74, 6) is 2.12. The van der Waals surface area contributed by atoms with Gasteiger partial charge in [-0.15, -0.1) is 0 Å². The highest BCUT2D eigenvalue weighted by molar-refractivity contribution is 5.43. The maximum atomic E-state index is 10.5. The topological polar surface area (TPSA) is 79.7 Å². The highest BCUT2D eigenvalue weighted by Crippen LogP contribution is 2.28. The van der Waals surface area contributed by atoms with Gasteiger partial charge < -0.3 is 24.8 Å². The Hall–Kier alpha value is -2.22. The smallest absolute Gasteiger partial charge is 0.161 e. The van der Waals surface area contributed by atoms with Crippen molar-refractivity contribution in [3.05, 3.63) is 47.0 Å². The zero-order valence-electron chi connectivity index (χ0n) is 19.8. The number of hydrogen-bond acceptors (Lipinski definition) is 7. The van der Waals surface area contributed by atoms with E-state index < -0.39 is 6.10 Å². The molecule has 7 heteroatoms. The Morgan fingerprint density at radius 2 is 1.66 bits per heavy atom. The lowest BCUT2D eigenvalue weighted by Crippen LogP contribution is -2.37. The Morgan fingerprint density at radius 3 is 2.34 bits per heavy atom. The van der Waals surface area contributed by atoms with Gasteiger partial charge in [-0.1, -0.05) is 25.3 Å². The van der Waals surface area contributed by atoms with Crippen LogP contribution in [0, 0.1) is 13.8 Å². The Kier molecular flexibility index (Phi) is 9.71. The van der Waals surface area contributed by atoms with Crippen molar-refractivity contribution in [1.82, 2.24) is 20.2 Å². The molecule has 0 amide bonds. The summed E-state index contributed by atoms with van der Waals surface area (Å²) in [6.07, 6.45) is 5.81. The summed E-state index contributed by atoms with van der Waals surface area (Å²) < 4.78 is 11.4. The number of methoxy groups -OCH3 is 1. The van der Waals surface area contributed by atoms with Gasteiger partial charge in [0.25, 0.3) is 0 Å². The minimum Gasteiger partial charge on any atom is -0.493 e. The first kappa shape index (κ1) is 24.4. The number of ether oxygens (including phenoxy) is 2. The maximum Gasteiger partial charge on any atom is 0.161 e. The van der Waals surface area contributed by atoms with Crippen LogP contribution in [0.25, 0.3) is 0 Å². The van der Waals surface area contributed by atoms with Gasteiger partial charge in [0.2, 0.25) is 0 Å². The zero-order valence-corrected chi connectivity index (χ0v) is 19.8. The molecule has 0 bridgehead atoms. The van der Waals surface area contributed by atoms with Gasteiger partial charge in [0.15, 0.2) is 11.5 Å². The van der Waals surface area contributed by atoms with Crippen molar-refractivity contribution in [3.63, 3.8) is 0 Å². The van der Waals surface area contributed by atoms with Gasteiger partial charge in [-0.3, -0.25) is 0 Å². The van der Waals surface area contributed by atoms with Crippen LogP contribution in [0.4, 0.5) is 0 Å². The molecule has 1 fully saturated rings. The Bertz CT molecular complexity index is 818. The van der Waals surface area contributed by atoms with E-state index in [9.17, 15) is 5.11 Å². The second-order valence-corrected chi connectivity index (χ2v) is 8.69. The van der Waals surface area contributed by atoms with Crippen molar-refractivity contribution in [2.24, 2.45) is 0 Å². The third-order valence-electron chi connectivity index (χ3n) is 5.72. The molecular weight excluding hydrogens is 404 g/mol. The Labute approximate surface area is 192 Å². The summed E-state index contributed by atoms with van der Waals surface area (Å²) in [6, 6.07) is 7.86. The number of likely N-dealkylation sites (tertiary alicyclic amines) is 1. The summed E-state index contributed by atoms with van der Waals surface area (Å²) in [5, 5.41) is 13.9. The summed E-state index contributed by atoms with van der Waals surface area (Å²) >= 11 is 0. The fraction of sp³-hybridized carbons (Fsp3) is 0.600. The minimum atomic E-state index is -0.525. The molecule has 2 N–H and O–H groups in total. The molecule has 3 rings (SSSR count). The van der Waals surface area contributed by atoms with E-state index in [4.69, 9.17) is 9.47 Å². The van der Waals surface area contributed by atoms with E-state index in [0.29, 0.717) is 31.1 Å². The molecular formula is C25H38N4O3. The number of aromatic nitrogens is 2. The van der Waals surface area contributed by atoms with Crippen LogP contribution in [-0.2, 0) is 13.1 Å². The van der Waals surface area contributed by atoms with Crippen LogP contribution in [0.3, 0.4) is 0 Å². The van der Waals surface area contributed by atoms with Gasteiger partial charge in [0.05, 0.1) is 13.7 Å². The summed E-state index contributed by atoms with van der Waals surface area (Å²) in [7, 11) is 1.63. The largest absolute Gasteiger partial charge is 0.493 e.